The number of anilines is 2. The van der Waals surface area contributed by atoms with Crippen LogP contribution in [0.25, 0.3) is 0 Å². The van der Waals surface area contributed by atoms with Crippen molar-refractivity contribution in [2.45, 2.75) is 83.1 Å². The number of nitrogens with zero attached hydrogens (tertiary/aromatic N) is 3. The summed E-state index contributed by atoms with van der Waals surface area (Å²) in [6.45, 7) is 25.5. The molecule has 4 N–H and O–H groups in total. The monoisotopic (exact) mass is 399 g/mol. The normalized spacial score (nSPS) is 9.00. The van der Waals surface area contributed by atoms with E-state index in [1.165, 1.54) is 6.33 Å². The van der Waals surface area contributed by atoms with Gasteiger partial charge in [0, 0.05) is 15.2 Å². The molecule has 0 spiro atoms. The zero-order valence-electron chi connectivity index (χ0n) is 20.5. The molecule has 0 aliphatic carbocycles. The fourth-order valence-electron chi connectivity index (χ4n) is 0.677. The lowest BCUT2D eigenvalue weighted by Crippen LogP contribution is -1.93. The first-order valence-corrected chi connectivity index (χ1v) is 9.97. The van der Waals surface area contributed by atoms with Gasteiger partial charge in [0.25, 0.3) is 0 Å². The molecule has 0 bridgehead atoms. The average molecular weight is 400 g/mol. The average Bonchev–Trinajstić information content (AvgIpc) is 2.58. The summed E-state index contributed by atoms with van der Waals surface area (Å²) in [5.41, 5.74) is 11.5. The minimum atomic E-state index is 0. The quantitative estimate of drug-likeness (QED) is 0.482. The fourth-order valence-corrected chi connectivity index (χ4v) is 0.677. The molecule has 5 heteroatoms. The zero-order valence-corrected chi connectivity index (χ0v) is 20.5. The number of pyridine rings is 1. The summed E-state index contributed by atoms with van der Waals surface area (Å²) in [6, 6.07) is 7.07. The van der Waals surface area contributed by atoms with Crippen LogP contribution in [0.5, 0.6) is 0 Å². The van der Waals surface area contributed by atoms with Gasteiger partial charge in [-0.25, -0.2) is 15.0 Å². The Morgan fingerprint density at radius 2 is 1.04 bits per heavy atom. The summed E-state index contributed by atoms with van der Waals surface area (Å²) in [5.74, 6) is 1.08. The Morgan fingerprint density at radius 3 is 1.18 bits per heavy atom. The lowest BCUT2D eigenvalue weighted by molar-refractivity contribution is 0.469. The molecule has 2 heterocycles. The lowest BCUT2D eigenvalue weighted by Gasteiger charge is -2.05. The first-order chi connectivity index (χ1) is 12.8. The maximum atomic E-state index is 5.25. The topological polar surface area (TPSA) is 90.7 Å². The molecule has 2 aromatic heterocycles. The molecule has 0 amide bonds. The molecule has 5 nitrogen and oxygen atoms in total. The molecule has 2 aromatic rings. The summed E-state index contributed by atoms with van der Waals surface area (Å²) >= 11 is 0. The van der Waals surface area contributed by atoms with E-state index < -0.39 is 0 Å². The fraction of sp³-hybridized carbons (Fsp3) is 0.609. The van der Waals surface area contributed by atoms with Gasteiger partial charge in [-0.1, -0.05) is 89.2 Å². The van der Waals surface area contributed by atoms with Gasteiger partial charge in [0.05, 0.1) is 0 Å². The van der Waals surface area contributed by atoms with Gasteiger partial charge in [0.15, 0.2) is 0 Å². The van der Waals surface area contributed by atoms with Crippen molar-refractivity contribution in [3.63, 3.8) is 0 Å². The van der Waals surface area contributed by atoms with Crippen LogP contribution in [0.15, 0.2) is 43.0 Å². The molecule has 0 aliphatic rings. The Kier molecular flexibility index (Phi) is 25.2. The van der Waals surface area contributed by atoms with E-state index in [4.69, 9.17) is 11.5 Å². The van der Waals surface area contributed by atoms with E-state index in [2.05, 4.69) is 70.3 Å². The van der Waals surface area contributed by atoms with Crippen LogP contribution >= 0.6 is 0 Å². The summed E-state index contributed by atoms with van der Waals surface area (Å²) in [7, 11) is 0. The van der Waals surface area contributed by atoms with Gasteiger partial charge < -0.3 is 11.5 Å². The van der Waals surface area contributed by atoms with Crippen molar-refractivity contribution < 1.29 is 2.85 Å². The number of nitrogen functional groups attached to an aromatic ring is 2. The summed E-state index contributed by atoms with van der Waals surface area (Å²) in [5, 5.41) is 0. The molecule has 0 unspecified atom stereocenters. The van der Waals surface area contributed by atoms with Crippen molar-refractivity contribution in [2.24, 2.45) is 10.8 Å². The van der Waals surface area contributed by atoms with Crippen LogP contribution in [0, 0.1) is 10.8 Å². The van der Waals surface area contributed by atoms with Crippen molar-refractivity contribution in [3.8, 4) is 0 Å². The molecule has 0 aliphatic heterocycles. The Balaban J connectivity index is -0.0000000600. The molecule has 168 valence electrons. The van der Waals surface area contributed by atoms with E-state index in [-0.39, 0.29) is 2.85 Å². The van der Waals surface area contributed by atoms with Gasteiger partial charge in [-0.15, -0.1) is 0 Å². The summed E-state index contributed by atoms with van der Waals surface area (Å²) in [6.07, 6.45) is 4.67. The third-order valence-electron chi connectivity index (χ3n) is 1.29. The van der Waals surface area contributed by atoms with E-state index >= 15 is 0 Å². The van der Waals surface area contributed by atoms with Crippen molar-refractivity contribution in [2.75, 3.05) is 11.5 Å². The van der Waals surface area contributed by atoms with E-state index in [1.54, 1.807) is 24.5 Å². The molecule has 0 aromatic carbocycles. The largest absolute Gasteiger partial charge is 0.384 e. The highest BCUT2D eigenvalue weighted by atomic mass is 14.9. The summed E-state index contributed by atoms with van der Waals surface area (Å²) in [4.78, 5) is 11.1. The molecule has 0 atom stereocenters. The molecule has 0 saturated heterocycles. The highest BCUT2D eigenvalue weighted by Crippen LogP contribution is 2.08. The SMILES string of the molecule is CC.CC.CC(C)(C)C.CC(C)(C)C.Nc1ccccn1.Nc1ccncn1.[2HH].[2HH]. The van der Waals surface area contributed by atoms with Crippen LogP contribution < -0.4 is 11.5 Å². The number of rotatable bonds is 0. The first kappa shape index (κ1) is 33.4. The molecule has 0 fully saturated rings. The molecular weight excluding hydrogens is 346 g/mol. The van der Waals surface area contributed by atoms with E-state index in [9.17, 15) is 0 Å². The third kappa shape index (κ3) is 64.9. The van der Waals surface area contributed by atoms with Crippen molar-refractivity contribution in [3.05, 3.63) is 43.0 Å². The van der Waals surface area contributed by atoms with Crippen LogP contribution in [-0.4, -0.2) is 15.0 Å². The number of aromatic nitrogens is 3. The minimum absolute atomic E-state index is 0. The highest BCUT2D eigenvalue weighted by molar-refractivity contribution is 5.25. The number of nitrogens with two attached hydrogens (primary N) is 2. The molecule has 0 saturated carbocycles. The second kappa shape index (κ2) is 21.1. The smallest absolute Gasteiger partial charge is 0.126 e. The highest BCUT2D eigenvalue weighted by Gasteiger charge is 1.96. The van der Waals surface area contributed by atoms with Crippen molar-refractivity contribution in [1.29, 1.82) is 0 Å². The van der Waals surface area contributed by atoms with Gasteiger partial charge in [0.2, 0.25) is 0 Å². The Hall–Kier alpha value is -2.17. The van der Waals surface area contributed by atoms with Crippen LogP contribution in [0.3, 0.4) is 0 Å². The Morgan fingerprint density at radius 1 is 0.643 bits per heavy atom. The Bertz CT molecular complexity index is 449. The second-order valence-electron chi connectivity index (χ2n) is 8.39. The number of hydrogen-bond donors (Lipinski definition) is 2. The van der Waals surface area contributed by atoms with Crippen LogP contribution in [0.4, 0.5) is 11.6 Å². The van der Waals surface area contributed by atoms with Gasteiger partial charge in [-0.05, 0) is 29.0 Å². The maximum Gasteiger partial charge on any atom is 0.126 e. The third-order valence-corrected chi connectivity index (χ3v) is 1.29. The molecule has 2 rings (SSSR count). The molecule has 28 heavy (non-hydrogen) atoms. The minimum Gasteiger partial charge on any atom is -0.384 e. The molecule has 0 radical (unpaired) electrons. The van der Waals surface area contributed by atoms with Gasteiger partial charge in [-0.2, -0.15) is 0 Å². The number of hydrogen-bond acceptors (Lipinski definition) is 5. The van der Waals surface area contributed by atoms with Crippen LogP contribution in [-0.2, 0) is 0 Å². The van der Waals surface area contributed by atoms with Crippen molar-refractivity contribution >= 4 is 11.6 Å². The van der Waals surface area contributed by atoms with Crippen LogP contribution in [0.2, 0.25) is 0 Å². The predicted molar refractivity (Wildman–Crippen MR) is 132 cm³/mol. The van der Waals surface area contributed by atoms with E-state index in [0.29, 0.717) is 22.5 Å². The second-order valence-corrected chi connectivity index (χ2v) is 8.39. The summed E-state index contributed by atoms with van der Waals surface area (Å²) < 4.78 is 0. The first-order valence-electron chi connectivity index (χ1n) is 9.97. The zero-order chi connectivity index (χ0) is 23.2. The van der Waals surface area contributed by atoms with Gasteiger partial charge in [0.1, 0.15) is 18.0 Å². The Labute approximate surface area is 178 Å². The van der Waals surface area contributed by atoms with Gasteiger partial charge in [-0.3, -0.25) is 0 Å². The van der Waals surface area contributed by atoms with E-state index in [1.807, 2.05) is 39.8 Å². The standard InChI is InChI=1S/C5H6N2.2C5H12.C4H5N3.2C2H6.2H2/c6-5-3-1-2-4-7-5;2*1-5(2,3)4;5-4-1-2-6-3-7-4;2*1-2;;/h1-4H,(H2,6,7);2*1-4H3;1-3H,(H2,5,6,7);2*1-2H3;2*1H/i;;;;;;2*1+1. The van der Waals surface area contributed by atoms with Crippen molar-refractivity contribution in [1.82, 2.24) is 15.0 Å². The lowest BCUT2D eigenvalue weighted by atomic mass is 10.0. The van der Waals surface area contributed by atoms with E-state index in [0.717, 1.165) is 0 Å². The molecular formula is C23H51N5. The van der Waals surface area contributed by atoms with Gasteiger partial charge >= 0.3 is 0 Å². The maximum absolute atomic E-state index is 5.25. The van der Waals surface area contributed by atoms with Crippen LogP contribution in [0.1, 0.15) is 85.9 Å². The predicted octanol–water partition coefficient (Wildman–Crippen LogP) is 7.37.